The minimum Gasteiger partial charge on any atom is -0.293 e. The number of hydrogen-bond acceptors (Lipinski definition) is 4. The fourth-order valence-corrected chi connectivity index (χ4v) is 3.57. The fraction of sp³-hybridized carbons (Fsp3) is 0.318. The number of Topliss-reactive ketones (excluding diaryl/α,β-unsaturated/α-hetero) is 1. The fourth-order valence-electron chi connectivity index (χ4n) is 3.57. The first kappa shape index (κ1) is 19.0. The molecule has 0 aliphatic carbocycles. The van der Waals surface area contributed by atoms with Gasteiger partial charge in [-0.15, -0.1) is 0 Å². The minimum atomic E-state index is -0.452. The molecule has 3 rings (SSSR count). The lowest BCUT2D eigenvalue weighted by Crippen LogP contribution is -2.46. The van der Waals surface area contributed by atoms with Crippen molar-refractivity contribution in [3.05, 3.63) is 70.8 Å². The van der Waals surface area contributed by atoms with Crippen molar-refractivity contribution in [2.45, 2.75) is 32.7 Å². The number of likely N-dealkylation sites (tertiary alicyclic amines) is 1. The van der Waals surface area contributed by atoms with E-state index in [2.05, 4.69) is 5.32 Å². The molecular formula is C22H24N2O3. The highest BCUT2D eigenvalue weighted by Gasteiger charge is 2.33. The van der Waals surface area contributed by atoms with E-state index in [1.165, 1.54) is 0 Å². The lowest BCUT2D eigenvalue weighted by Gasteiger charge is -2.23. The molecule has 2 amide bonds. The number of carbonyl (C=O) groups excluding carboxylic acids is 3. The summed E-state index contributed by atoms with van der Waals surface area (Å²) in [7, 11) is 0. The second kappa shape index (κ2) is 8.27. The van der Waals surface area contributed by atoms with E-state index in [0.717, 1.165) is 17.5 Å². The highest BCUT2D eigenvalue weighted by molar-refractivity contribution is 6.06. The highest BCUT2D eigenvalue weighted by Crippen LogP contribution is 2.19. The van der Waals surface area contributed by atoms with Gasteiger partial charge >= 0.3 is 0 Å². The molecule has 0 unspecified atom stereocenters. The van der Waals surface area contributed by atoms with Crippen LogP contribution in [0.4, 0.5) is 0 Å². The molecule has 0 bridgehead atoms. The van der Waals surface area contributed by atoms with E-state index in [-0.39, 0.29) is 18.2 Å². The van der Waals surface area contributed by atoms with E-state index in [1.54, 1.807) is 24.3 Å². The van der Waals surface area contributed by atoms with Crippen LogP contribution in [0.5, 0.6) is 0 Å². The first-order valence-electron chi connectivity index (χ1n) is 9.20. The van der Waals surface area contributed by atoms with Crippen LogP contribution in [0.15, 0.2) is 48.5 Å². The summed E-state index contributed by atoms with van der Waals surface area (Å²) in [5.41, 5.74) is 3.19. The molecule has 1 heterocycles. The Kier molecular flexibility index (Phi) is 5.81. The second-order valence-electron chi connectivity index (χ2n) is 7.05. The number of amides is 2. The van der Waals surface area contributed by atoms with Gasteiger partial charge in [-0.05, 0) is 50.9 Å². The summed E-state index contributed by atoms with van der Waals surface area (Å²) in [6, 6.07) is 14.0. The highest BCUT2D eigenvalue weighted by atomic mass is 16.2. The quantitative estimate of drug-likeness (QED) is 0.654. The lowest BCUT2D eigenvalue weighted by atomic mass is 10.0. The summed E-state index contributed by atoms with van der Waals surface area (Å²) in [5.74, 6) is -0.746. The normalized spacial score (nSPS) is 16.9. The van der Waals surface area contributed by atoms with Crippen molar-refractivity contribution in [3.8, 4) is 0 Å². The van der Waals surface area contributed by atoms with Crippen molar-refractivity contribution in [3.63, 3.8) is 0 Å². The molecule has 1 aliphatic rings. The maximum atomic E-state index is 12.7. The summed E-state index contributed by atoms with van der Waals surface area (Å²) >= 11 is 0. The number of nitrogens with zero attached hydrogens (tertiary/aromatic N) is 1. The molecule has 1 atom stereocenters. The van der Waals surface area contributed by atoms with Crippen molar-refractivity contribution < 1.29 is 14.4 Å². The van der Waals surface area contributed by atoms with Gasteiger partial charge in [0.2, 0.25) is 5.91 Å². The van der Waals surface area contributed by atoms with Gasteiger partial charge in [0.1, 0.15) is 0 Å². The molecule has 2 aromatic rings. The molecule has 27 heavy (non-hydrogen) atoms. The third-order valence-electron chi connectivity index (χ3n) is 4.97. The smallest absolute Gasteiger partial charge is 0.257 e. The van der Waals surface area contributed by atoms with Gasteiger partial charge in [-0.25, -0.2) is 0 Å². The standard InChI is InChI=1S/C22H24N2O3/c1-15-10-11-18(16(2)13-15)20(25)14-24-12-6-9-19(24)22(27)23-21(26)17-7-4-3-5-8-17/h3-5,7-8,10-11,13,19H,6,9,12,14H2,1-2H3,(H,23,26,27)/t19-/m1/s1. The zero-order chi connectivity index (χ0) is 19.4. The van der Waals surface area contributed by atoms with Crippen LogP contribution < -0.4 is 5.32 Å². The number of carbonyl (C=O) groups is 3. The summed E-state index contributed by atoms with van der Waals surface area (Å²) < 4.78 is 0. The molecule has 140 valence electrons. The third-order valence-corrected chi connectivity index (χ3v) is 4.97. The van der Waals surface area contributed by atoms with E-state index in [1.807, 2.05) is 43.0 Å². The van der Waals surface area contributed by atoms with Crippen LogP contribution in [0.25, 0.3) is 0 Å². The summed E-state index contributed by atoms with van der Waals surface area (Å²) in [4.78, 5) is 39.4. The third kappa shape index (κ3) is 4.49. The molecule has 0 saturated carbocycles. The lowest BCUT2D eigenvalue weighted by molar-refractivity contribution is -0.124. The molecule has 5 heteroatoms. The van der Waals surface area contributed by atoms with Gasteiger partial charge < -0.3 is 0 Å². The van der Waals surface area contributed by atoms with Crippen molar-refractivity contribution in [1.82, 2.24) is 10.2 Å². The zero-order valence-electron chi connectivity index (χ0n) is 15.7. The summed E-state index contributed by atoms with van der Waals surface area (Å²) in [5, 5.41) is 2.47. The molecule has 0 aromatic heterocycles. The Balaban J connectivity index is 1.65. The van der Waals surface area contributed by atoms with E-state index >= 15 is 0 Å². The van der Waals surface area contributed by atoms with Crippen LogP contribution in [-0.2, 0) is 4.79 Å². The van der Waals surface area contributed by atoms with E-state index in [9.17, 15) is 14.4 Å². The molecular weight excluding hydrogens is 340 g/mol. The Bertz CT molecular complexity index is 861. The largest absolute Gasteiger partial charge is 0.293 e. The van der Waals surface area contributed by atoms with Gasteiger partial charge in [-0.1, -0.05) is 42.0 Å². The van der Waals surface area contributed by atoms with Crippen LogP contribution in [0.1, 0.15) is 44.7 Å². The van der Waals surface area contributed by atoms with Crippen molar-refractivity contribution in [2.75, 3.05) is 13.1 Å². The van der Waals surface area contributed by atoms with Gasteiger partial charge in [0.25, 0.3) is 5.91 Å². The van der Waals surface area contributed by atoms with Gasteiger partial charge in [-0.3, -0.25) is 24.6 Å². The number of ketones is 1. The summed E-state index contributed by atoms with van der Waals surface area (Å²) in [6.07, 6.45) is 1.48. The zero-order valence-corrected chi connectivity index (χ0v) is 15.7. The summed E-state index contributed by atoms with van der Waals surface area (Å²) in [6.45, 7) is 4.77. The maximum absolute atomic E-state index is 12.7. The molecule has 0 radical (unpaired) electrons. The van der Waals surface area contributed by atoms with Gasteiger partial charge in [0.05, 0.1) is 12.6 Å². The van der Waals surface area contributed by atoms with Gasteiger partial charge in [-0.2, -0.15) is 0 Å². The first-order valence-corrected chi connectivity index (χ1v) is 9.20. The van der Waals surface area contributed by atoms with E-state index in [4.69, 9.17) is 0 Å². The Morgan fingerprint density at radius 3 is 2.52 bits per heavy atom. The predicted octanol–water partition coefficient (Wildman–Crippen LogP) is 2.91. The monoisotopic (exact) mass is 364 g/mol. The van der Waals surface area contributed by atoms with Crippen molar-refractivity contribution in [2.24, 2.45) is 0 Å². The number of benzene rings is 2. The topological polar surface area (TPSA) is 66.5 Å². The molecule has 2 aromatic carbocycles. The Hall–Kier alpha value is -2.79. The van der Waals surface area contributed by atoms with Crippen LogP contribution in [0.3, 0.4) is 0 Å². The second-order valence-corrected chi connectivity index (χ2v) is 7.05. The van der Waals surface area contributed by atoms with Gasteiger partial charge in [0, 0.05) is 11.1 Å². The average molecular weight is 364 g/mol. The van der Waals surface area contributed by atoms with Gasteiger partial charge in [0.15, 0.2) is 5.78 Å². The molecule has 0 spiro atoms. The maximum Gasteiger partial charge on any atom is 0.257 e. The predicted molar refractivity (Wildman–Crippen MR) is 104 cm³/mol. The molecule has 1 N–H and O–H groups in total. The number of aryl methyl sites for hydroxylation is 2. The van der Waals surface area contributed by atoms with Crippen molar-refractivity contribution in [1.29, 1.82) is 0 Å². The molecule has 5 nitrogen and oxygen atoms in total. The Morgan fingerprint density at radius 1 is 1.07 bits per heavy atom. The minimum absolute atomic E-state index is 0.00147. The average Bonchev–Trinajstić information content (AvgIpc) is 3.10. The SMILES string of the molecule is Cc1ccc(C(=O)CN2CCC[C@@H]2C(=O)NC(=O)c2ccccc2)c(C)c1. The Morgan fingerprint density at radius 2 is 1.81 bits per heavy atom. The van der Waals surface area contributed by atoms with E-state index < -0.39 is 11.9 Å². The number of hydrogen-bond donors (Lipinski definition) is 1. The van der Waals surface area contributed by atoms with E-state index in [0.29, 0.717) is 24.1 Å². The molecule has 1 fully saturated rings. The first-order chi connectivity index (χ1) is 13.0. The van der Waals surface area contributed by atoms with Crippen molar-refractivity contribution >= 4 is 17.6 Å². The van der Waals surface area contributed by atoms with Crippen LogP contribution in [-0.4, -0.2) is 41.6 Å². The molecule has 1 aliphatic heterocycles. The Labute approximate surface area is 159 Å². The number of rotatable bonds is 5. The molecule has 1 saturated heterocycles. The van der Waals surface area contributed by atoms with Crippen LogP contribution in [0.2, 0.25) is 0 Å². The van der Waals surface area contributed by atoms with Crippen LogP contribution >= 0.6 is 0 Å². The number of imide groups is 1. The van der Waals surface area contributed by atoms with Crippen LogP contribution in [0, 0.1) is 13.8 Å². The number of nitrogens with one attached hydrogen (secondary N) is 1.